The zero-order valence-corrected chi connectivity index (χ0v) is 11.6. The van der Waals surface area contributed by atoms with Crippen molar-refractivity contribution in [2.75, 3.05) is 11.9 Å². The maximum atomic E-state index is 11.0. The molecule has 19 heavy (non-hydrogen) atoms. The topological polar surface area (TPSA) is 55.1 Å². The van der Waals surface area contributed by atoms with Crippen LogP contribution in [0.15, 0.2) is 35.9 Å². The van der Waals surface area contributed by atoms with Gasteiger partial charge in [-0.1, -0.05) is 18.6 Å². The summed E-state index contributed by atoms with van der Waals surface area (Å²) in [6.07, 6.45) is 4.82. The lowest BCUT2D eigenvalue weighted by atomic mass is 9.80. The first-order valence-electron chi connectivity index (χ1n) is 6.88. The van der Waals surface area contributed by atoms with E-state index in [9.17, 15) is 4.79 Å². The fourth-order valence-electron chi connectivity index (χ4n) is 2.72. The zero-order valence-electron chi connectivity index (χ0n) is 11.6. The smallest absolute Gasteiger partial charge is 0.248 e. The molecule has 0 saturated carbocycles. The van der Waals surface area contributed by atoms with Gasteiger partial charge in [0.05, 0.1) is 0 Å². The Balaban J connectivity index is 1.96. The normalized spacial score (nSPS) is 22.7. The summed E-state index contributed by atoms with van der Waals surface area (Å²) in [5.74, 6) is 0.943. The monoisotopic (exact) mass is 258 g/mol. The molecule has 1 amide bonds. The Kier molecular flexibility index (Phi) is 4.25. The van der Waals surface area contributed by atoms with Crippen LogP contribution in [0.4, 0.5) is 5.69 Å². The van der Waals surface area contributed by atoms with Gasteiger partial charge >= 0.3 is 0 Å². The van der Waals surface area contributed by atoms with E-state index in [2.05, 4.69) is 25.2 Å². The molecule has 3 nitrogen and oxygen atoms in total. The highest BCUT2D eigenvalue weighted by Crippen LogP contribution is 2.30. The maximum Gasteiger partial charge on any atom is 0.248 e. The molecular weight excluding hydrogens is 236 g/mol. The Labute approximate surface area is 114 Å². The molecule has 3 heteroatoms. The largest absolute Gasteiger partial charge is 0.384 e. The summed E-state index contributed by atoms with van der Waals surface area (Å²) in [4.78, 5) is 11.0. The number of amides is 1. The van der Waals surface area contributed by atoms with Gasteiger partial charge in [-0.25, -0.2) is 0 Å². The summed E-state index contributed by atoms with van der Waals surface area (Å²) in [7, 11) is 0. The molecule has 102 valence electrons. The molecule has 0 spiro atoms. The molecule has 0 aliphatic heterocycles. The van der Waals surface area contributed by atoms with Crippen molar-refractivity contribution in [3.05, 3.63) is 41.5 Å². The van der Waals surface area contributed by atoms with Gasteiger partial charge in [0.2, 0.25) is 5.91 Å². The van der Waals surface area contributed by atoms with Gasteiger partial charge < -0.3 is 11.1 Å². The van der Waals surface area contributed by atoms with E-state index in [1.165, 1.54) is 18.4 Å². The molecule has 0 saturated heterocycles. The van der Waals surface area contributed by atoms with Crippen LogP contribution in [0.25, 0.3) is 0 Å². The molecule has 3 N–H and O–H groups in total. The molecule has 0 fully saturated rings. The molecular formula is C16H22N2O. The van der Waals surface area contributed by atoms with Crippen molar-refractivity contribution in [3.63, 3.8) is 0 Å². The highest BCUT2D eigenvalue weighted by atomic mass is 16.1. The number of carbonyl (C=O) groups is 1. The van der Waals surface area contributed by atoms with Gasteiger partial charge in [0.1, 0.15) is 0 Å². The molecule has 1 aliphatic carbocycles. The first-order chi connectivity index (χ1) is 9.08. The van der Waals surface area contributed by atoms with E-state index in [1.807, 2.05) is 12.1 Å². The minimum Gasteiger partial charge on any atom is -0.384 e. The van der Waals surface area contributed by atoms with E-state index < -0.39 is 0 Å². The average molecular weight is 258 g/mol. The van der Waals surface area contributed by atoms with Crippen molar-refractivity contribution < 1.29 is 4.79 Å². The highest BCUT2D eigenvalue weighted by Gasteiger charge is 2.21. The van der Waals surface area contributed by atoms with Crippen molar-refractivity contribution in [2.24, 2.45) is 17.6 Å². The molecule has 2 atom stereocenters. The van der Waals surface area contributed by atoms with Crippen LogP contribution in [0, 0.1) is 11.8 Å². The highest BCUT2D eigenvalue weighted by molar-refractivity contribution is 5.93. The summed E-state index contributed by atoms with van der Waals surface area (Å²) < 4.78 is 0. The molecule has 1 aliphatic rings. The third kappa shape index (κ3) is 3.37. The van der Waals surface area contributed by atoms with Gasteiger partial charge in [-0.2, -0.15) is 0 Å². The van der Waals surface area contributed by atoms with Crippen molar-refractivity contribution in [1.82, 2.24) is 0 Å². The maximum absolute atomic E-state index is 11.0. The van der Waals surface area contributed by atoms with E-state index in [1.54, 1.807) is 12.1 Å². The summed E-state index contributed by atoms with van der Waals surface area (Å²) in [5.41, 5.74) is 8.30. The van der Waals surface area contributed by atoms with Gasteiger partial charge in [0.25, 0.3) is 0 Å². The summed E-state index contributed by atoms with van der Waals surface area (Å²) in [6.45, 7) is 5.48. The van der Waals surface area contributed by atoms with E-state index in [4.69, 9.17) is 5.73 Å². The molecule has 0 bridgehead atoms. The number of anilines is 1. The Hall–Kier alpha value is -1.77. The van der Waals surface area contributed by atoms with Crippen LogP contribution < -0.4 is 11.1 Å². The second-order valence-corrected chi connectivity index (χ2v) is 5.43. The number of rotatable bonds is 4. The van der Waals surface area contributed by atoms with Gasteiger partial charge in [-0.05, 0) is 55.9 Å². The number of nitrogens with two attached hydrogens (primary N) is 1. The number of nitrogens with one attached hydrogen (secondary N) is 1. The zero-order chi connectivity index (χ0) is 13.8. The second kappa shape index (κ2) is 5.91. The lowest BCUT2D eigenvalue weighted by Crippen LogP contribution is -2.24. The Morgan fingerprint density at radius 3 is 2.63 bits per heavy atom. The van der Waals surface area contributed by atoms with Crippen LogP contribution in [0.2, 0.25) is 0 Å². The van der Waals surface area contributed by atoms with Gasteiger partial charge in [0, 0.05) is 17.8 Å². The predicted molar refractivity (Wildman–Crippen MR) is 79.1 cm³/mol. The summed E-state index contributed by atoms with van der Waals surface area (Å²) in [5, 5.41) is 3.45. The van der Waals surface area contributed by atoms with Gasteiger partial charge in [-0.3, -0.25) is 4.79 Å². The molecule has 0 radical (unpaired) electrons. The molecule has 0 aromatic heterocycles. The van der Waals surface area contributed by atoms with Crippen LogP contribution in [-0.4, -0.2) is 12.5 Å². The van der Waals surface area contributed by atoms with E-state index in [-0.39, 0.29) is 5.91 Å². The second-order valence-electron chi connectivity index (χ2n) is 5.43. The number of hydrogen-bond acceptors (Lipinski definition) is 2. The van der Waals surface area contributed by atoms with Crippen molar-refractivity contribution in [3.8, 4) is 0 Å². The predicted octanol–water partition coefficient (Wildman–Crippen LogP) is 3.19. The number of carbonyl (C=O) groups excluding carboxylic acids is 1. The van der Waals surface area contributed by atoms with Crippen molar-refractivity contribution in [1.29, 1.82) is 0 Å². The SMILES string of the molecule is CC1=CCCC(C)C1CNc1ccc(C(N)=O)cc1. The van der Waals surface area contributed by atoms with E-state index in [0.29, 0.717) is 11.5 Å². The first-order valence-corrected chi connectivity index (χ1v) is 6.88. The number of benzene rings is 1. The molecule has 0 heterocycles. The van der Waals surface area contributed by atoms with Gasteiger partial charge in [0.15, 0.2) is 0 Å². The summed E-state index contributed by atoms with van der Waals surface area (Å²) >= 11 is 0. The molecule has 2 rings (SSSR count). The minimum atomic E-state index is -0.383. The number of hydrogen-bond donors (Lipinski definition) is 2. The fourth-order valence-corrected chi connectivity index (χ4v) is 2.72. The molecule has 1 aromatic rings. The van der Waals surface area contributed by atoms with Crippen molar-refractivity contribution in [2.45, 2.75) is 26.7 Å². The van der Waals surface area contributed by atoms with E-state index >= 15 is 0 Å². The Morgan fingerprint density at radius 2 is 2.05 bits per heavy atom. The van der Waals surface area contributed by atoms with Crippen LogP contribution >= 0.6 is 0 Å². The number of allylic oxidation sites excluding steroid dienone is 1. The molecule has 1 aromatic carbocycles. The van der Waals surface area contributed by atoms with Crippen LogP contribution in [0.5, 0.6) is 0 Å². The lowest BCUT2D eigenvalue weighted by Gasteiger charge is -2.29. The van der Waals surface area contributed by atoms with Crippen LogP contribution in [0.3, 0.4) is 0 Å². The molecule has 2 unspecified atom stereocenters. The third-order valence-corrected chi connectivity index (χ3v) is 4.06. The van der Waals surface area contributed by atoms with Crippen LogP contribution in [0.1, 0.15) is 37.0 Å². The first kappa shape index (κ1) is 13.7. The quantitative estimate of drug-likeness (QED) is 0.815. The van der Waals surface area contributed by atoms with Crippen LogP contribution in [-0.2, 0) is 0 Å². The third-order valence-electron chi connectivity index (χ3n) is 4.06. The van der Waals surface area contributed by atoms with Gasteiger partial charge in [-0.15, -0.1) is 0 Å². The minimum absolute atomic E-state index is 0.383. The van der Waals surface area contributed by atoms with E-state index in [0.717, 1.165) is 18.2 Å². The Morgan fingerprint density at radius 1 is 1.37 bits per heavy atom. The summed E-state index contributed by atoms with van der Waals surface area (Å²) in [6, 6.07) is 7.34. The number of primary amides is 1. The lowest BCUT2D eigenvalue weighted by molar-refractivity contribution is 0.100. The average Bonchev–Trinajstić information content (AvgIpc) is 2.38. The standard InChI is InChI=1S/C16H22N2O/c1-11-4-3-5-12(2)15(11)10-18-14-8-6-13(7-9-14)16(17)19/h4,6-9,12,15,18H,3,5,10H2,1-2H3,(H2,17,19). The fraction of sp³-hybridized carbons (Fsp3) is 0.438. The van der Waals surface area contributed by atoms with Crippen molar-refractivity contribution >= 4 is 11.6 Å². The Bertz CT molecular complexity index is 476.